The van der Waals surface area contributed by atoms with Crippen LogP contribution < -0.4 is 14.8 Å². The second-order valence-corrected chi connectivity index (χ2v) is 12.7. The summed E-state index contributed by atoms with van der Waals surface area (Å²) >= 11 is 0. The van der Waals surface area contributed by atoms with Gasteiger partial charge < -0.3 is 19.9 Å². The van der Waals surface area contributed by atoms with Gasteiger partial charge in [-0.1, -0.05) is 0 Å². The van der Waals surface area contributed by atoms with Gasteiger partial charge in [0.15, 0.2) is 5.88 Å². The van der Waals surface area contributed by atoms with Crippen molar-refractivity contribution in [3.63, 3.8) is 0 Å². The number of anilines is 1. The Kier molecular flexibility index (Phi) is 6.64. The smallest absolute Gasteiger partial charge is 0.329 e. The van der Waals surface area contributed by atoms with Gasteiger partial charge in [-0.15, -0.1) is 0 Å². The first kappa shape index (κ1) is 27.4. The summed E-state index contributed by atoms with van der Waals surface area (Å²) in [4.78, 5) is 24.3. The first-order valence-electron chi connectivity index (χ1n) is 13.4. The molecule has 0 aromatic carbocycles. The van der Waals surface area contributed by atoms with Gasteiger partial charge in [0.1, 0.15) is 22.8 Å². The molecule has 0 unspecified atom stereocenters. The van der Waals surface area contributed by atoms with E-state index in [1.54, 1.807) is 23.1 Å². The Morgan fingerprint density at radius 3 is 2.56 bits per heavy atom. The summed E-state index contributed by atoms with van der Waals surface area (Å²) in [6.07, 6.45) is 3.52. The van der Waals surface area contributed by atoms with Crippen molar-refractivity contribution in [2.45, 2.75) is 45.3 Å². The summed E-state index contributed by atoms with van der Waals surface area (Å²) in [6, 6.07) is 8.12. The van der Waals surface area contributed by atoms with Gasteiger partial charge in [0.25, 0.3) is 5.91 Å². The van der Waals surface area contributed by atoms with E-state index in [9.17, 15) is 22.0 Å². The van der Waals surface area contributed by atoms with Crippen LogP contribution in [0.5, 0.6) is 5.88 Å². The van der Waals surface area contributed by atoms with Crippen molar-refractivity contribution >= 4 is 38.4 Å². The minimum Gasteiger partial charge on any atom is -0.482 e. The lowest BCUT2D eigenvalue weighted by Gasteiger charge is -2.20. The average Bonchev–Trinajstić information content (AvgIpc) is 3.38. The zero-order chi connectivity index (χ0) is 29.2. The second-order valence-electron chi connectivity index (χ2n) is 10.8. The Morgan fingerprint density at radius 1 is 1.20 bits per heavy atom. The van der Waals surface area contributed by atoms with E-state index in [0.29, 0.717) is 65.1 Å². The molecule has 1 atom stereocenters. The van der Waals surface area contributed by atoms with Gasteiger partial charge in [-0.2, -0.15) is 13.1 Å². The van der Waals surface area contributed by atoms with E-state index < -0.39 is 16.6 Å². The number of likely N-dealkylation sites (tertiary alicyclic amines) is 1. The Morgan fingerprint density at radius 2 is 1.95 bits per heavy atom. The van der Waals surface area contributed by atoms with Crippen LogP contribution >= 0.6 is 0 Å². The third-order valence-electron chi connectivity index (χ3n) is 7.76. The molecule has 0 radical (unpaired) electrons. The normalized spacial score (nSPS) is 17.7. The standard InChI is InChI=1S/C27H31F2N7O4S/c1-15-24(31-22-11-18(12-23(40-2)35(15)22)26(37)33-9-8-19(30)14-33)20-10-17-6-7-21(36(27(28)29)41(3,38)39)32-25(17)34(20)13-16-4-5-16/h6-7,10-12,16,19,27H,4-5,8-9,13-14,30H2,1-3H3/t19-/m0/s1. The number of methoxy groups -OCH3 is 1. The van der Waals surface area contributed by atoms with Crippen LogP contribution in [-0.4, -0.2) is 77.2 Å². The number of imidazole rings is 1. The number of alkyl halides is 2. The Labute approximate surface area is 235 Å². The van der Waals surface area contributed by atoms with Crippen LogP contribution in [-0.2, 0) is 16.6 Å². The van der Waals surface area contributed by atoms with E-state index in [-0.39, 0.29) is 22.1 Å². The van der Waals surface area contributed by atoms with Gasteiger partial charge in [-0.05, 0) is 56.4 Å². The zero-order valence-electron chi connectivity index (χ0n) is 22.9. The Balaban J connectivity index is 1.50. The third-order valence-corrected chi connectivity index (χ3v) is 8.82. The molecule has 11 nitrogen and oxygen atoms in total. The largest absolute Gasteiger partial charge is 0.482 e. The van der Waals surface area contributed by atoms with Crippen molar-refractivity contribution in [1.82, 2.24) is 23.8 Å². The number of carbonyl (C=O) groups excluding carboxylic acids is 1. The van der Waals surface area contributed by atoms with E-state index in [4.69, 9.17) is 15.5 Å². The quantitative estimate of drug-likeness (QED) is 0.314. The number of halogens is 2. The van der Waals surface area contributed by atoms with Crippen molar-refractivity contribution in [3.8, 4) is 17.3 Å². The molecule has 2 aliphatic rings. The number of rotatable bonds is 8. The molecule has 0 spiro atoms. The zero-order valence-corrected chi connectivity index (χ0v) is 23.7. The summed E-state index contributed by atoms with van der Waals surface area (Å²) in [5.74, 6) is 0.334. The SMILES string of the molecule is COc1cc(C(=O)N2CC[C@H](N)C2)cc2nc(-c3cc4ccc(N(C(F)F)S(C)(=O)=O)nc4n3CC3CC3)c(C)n12. The van der Waals surface area contributed by atoms with Crippen LogP contribution in [0.25, 0.3) is 28.1 Å². The van der Waals surface area contributed by atoms with Crippen LogP contribution in [0.2, 0.25) is 0 Å². The van der Waals surface area contributed by atoms with Gasteiger partial charge in [-0.3, -0.25) is 9.20 Å². The highest BCUT2D eigenvalue weighted by atomic mass is 32.2. The lowest BCUT2D eigenvalue weighted by Crippen LogP contribution is -2.35. The van der Waals surface area contributed by atoms with Crippen LogP contribution in [0.4, 0.5) is 14.6 Å². The molecule has 1 aliphatic carbocycles. The second kappa shape index (κ2) is 9.94. The average molecular weight is 588 g/mol. The number of carbonyl (C=O) groups is 1. The Bertz CT molecular complexity index is 1780. The van der Waals surface area contributed by atoms with Crippen molar-refractivity contribution in [1.29, 1.82) is 0 Å². The molecule has 41 heavy (non-hydrogen) atoms. The number of aromatic nitrogens is 4. The highest BCUT2D eigenvalue weighted by Crippen LogP contribution is 2.38. The third kappa shape index (κ3) is 4.88. The molecule has 2 fully saturated rings. The highest BCUT2D eigenvalue weighted by Gasteiger charge is 2.31. The maximum atomic E-state index is 13.8. The van der Waals surface area contributed by atoms with Crippen molar-refractivity contribution in [3.05, 3.63) is 41.6 Å². The van der Waals surface area contributed by atoms with Gasteiger partial charge in [0.05, 0.1) is 24.8 Å². The first-order chi connectivity index (χ1) is 19.5. The number of ether oxygens (including phenoxy) is 1. The molecule has 1 saturated carbocycles. The number of fused-ring (bicyclic) bond motifs is 2. The molecular weight excluding hydrogens is 556 g/mol. The monoisotopic (exact) mass is 587 g/mol. The summed E-state index contributed by atoms with van der Waals surface area (Å²) in [5, 5.41) is 0.664. The maximum absolute atomic E-state index is 13.8. The van der Waals surface area contributed by atoms with Crippen LogP contribution in [0.1, 0.15) is 35.3 Å². The molecular formula is C27H31F2N7O4S. The van der Waals surface area contributed by atoms with Crippen molar-refractivity contribution < 1.29 is 26.7 Å². The van der Waals surface area contributed by atoms with Gasteiger partial charge in [-0.25, -0.2) is 18.4 Å². The summed E-state index contributed by atoms with van der Waals surface area (Å²) in [7, 11) is -2.74. The molecule has 4 aromatic heterocycles. The molecule has 4 aromatic rings. The van der Waals surface area contributed by atoms with Crippen LogP contribution in [0, 0.1) is 12.8 Å². The molecule has 6 rings (SSSR count). The van der Waals surface area contributed by atoms with Crippen molar-refractivity contribution in [2.75, 3.05) is 30.8 Å². The van der Waals surface area contributed by atoms with Crippen LogP contribution in [0.3, 0.4) is 0 Å². The fourth-order valence-electron chi connectivity index (χ4n) is 5.54. The molecule has 1 aliphatic heterocycles. The fraction of sp³-hybridized carbons (Fsp3) is 0.444. The minimum atomic E-state index is -4.26. The van der Waals surface area contributed by atoms with E-state index in [0.717, 1.165) is 31.2 Å². The van der Waals surface area contributed by atoms with Crippen molar-refractivity contribution in [2.24, 2.45) is 11.7 Å². The molecule has 1 saturated heterocycles. The van der Waals surface area contributed by atoms with Crippen LogP contribution in [0.15, 0.2) is 30.3 Å². The topological polar surface area (TPSA) is 128 Å². The number of hydrogen-bond donors (Lipinski definition) is 1. The predicted molar refractivity (Wildman–Crippen MR) is 150 cm³/mol. The van der Waals surface area contributed by atoms with E-state index in [1.807, 2.05) is 22.0 Å². The summed E-state index contributed by atoms with van der Waals surface area (Å²) in [5.41, 5.74) is 9.44. The number of hydrogen-bond acceptors (Lipinski definition) is 7. The number of pyridine rings is 2. The number of aryl methyl sites for hydroxylation is 1. The highest BCUT2D eigenvalue weighted by molar-refractivity contribution is 7.92. The minimum absolute atomic E-state index is 0.0212. The molecule has 218 valence electrons. The number of sulfonamides is 1. The molecule has 2 N–H and O–H groups in total. The first-order valence-corrected chi connectivity index (χ1v) is 15.2. The van der Waals surface area contributed by atoms with Gasteiger partial charge in [0.2, 0.25) is 10.0 Å². The van der Waals surface area contributed by atoms with E-state index in [2.05, 4.69) is 4.98 Å². The predicted octanol–water partition coefficient (Wildman–Crippen LogP) is 3.24. The van der Waals surface area contributed by atoms with Gasteiger partial charge in [0, 0.05) is 42.7 Å². The maximum Gasteiger partial charge on any atom is 0.329 e. The summed E-state index contributed by atoms with van der Waals surface area (Å²) < 4.78 is 61.2. The number of nitrogens with two attached hydrogens (primary N) is 1. The lowest BCUT2D eigenvalue weighted by atomic mass is 10.2. The molecule has 1 amide bonds. The molecule has 14 heteroatoms. The van der Waals surface area contributed by atoms with E-state index in [1.165, 1.54) is 13.2 Å². The molecule has 0 bridgehead atoms. The Hall–Kier alpha value is -3.78. The van der Waals surface area contributed by atoms with Gasteiger partial charge >= 0.3 is 6.55 Å². The molecule has 5 heterocycles. The summed E-state index contributed by atoms with van der Waals surface area (Å²) in [6.45, 7) is 0.266. The fourth-order valence-corrected chi connectivity index (χ4v) is 6.27. The lowest BCUT2D eigenvalue weighted by molar-refractivity contribution is 0.0790. The number of nitrogens with zero attached hydrogens (tertiary/aromatic N) is 6. The van der Waals surface area contributed by atoms with E-state index >= 15 is 0 Å². The number of amides is 1.